The number of carboxylic acid groups (broad SMARTS) is 1. The number of aromatic nitrogens is 1. The molecule has 0 aliphatic rings. The molecule has 75 valence electrons. The molecule has 4 nitrogen and oxygen atoms in total. The maximum absolute atomic E-state index is 11.1. The largest absolute Gasteiger partial charge is 0.539 e. The molecule has 0 unspecified atom stereocenters. The van der Waals surface area contributed by atoms with E-state index in [9.17, 15) is 4.79 Å². The fourth-order valence-electron chi connectivity index (χ4n) is 1.71. The molecule has 0 saturated heterocycles. The minimum absolute atomic E-state index is 0.532. The molecule has 1 aromatic heterocycles. The zero-order valence-electron chi connectivity index (χ0n) is 8.02. The molecule has 1 aromatic carbocycles. The molecule has 0 atom stereocenters. The Labute approximate surface area is 89.6 Å². The Balaban J connectivity index is 2.91. The Kier molecular flexibility index (Phi) is 2.24. The molecule has 0 aliphatic heterocycles. The van der Waals surface area contributed by atoms with E-state index in [0.717, 1.165) is 5.39 Å². The van der Waals surface area contributed by atoms with Crippen LogP contribution in [0.5, 0.6) is 5.75 Å². The van der Waals surface area contributed by atoms with Gasteiger partial charge in [-0.25, -0.2) is 9.36 Å². The molecule has 2 rings (SSSR count). The van der Waals surface area contributed by atoms with Gasteiger partial charge in [-0.15, -0.1) is 0 Å². The third-order valence-corrected chi connectivity index (χ3v) is 2.55. The normalized spacial score (nSPS) is 10.5. The van der Waals surface area contributed by atoms with Crippen molar-refractivity contribution < 1.29 is 14.3 Å². The number of fused-ring (bicyclic) bond motifs is 1. The second-order valence-electron chi connectivity index (χ2n) is 3.15. The van der Waals surface area contributed by atoms with Gasteiger partial charge in [-0.2, -0.15) is 0 Å². The van der Waals surface area contributed by atoms with Crippen molar-refractivity contribution >= 4 is 27.5 Å². The van der Waals surface area contributed by atoms with Crippen LogP contribution in [0, 0.1) is 6.92 Å². The van der Waals surface area contributed by atoms with E-state index < -0.39 is 6.09 Å². The second kappa shape index (κ2) is 3.43. The van der Waals surface area contributed by atoms with Gasteiger partial charge in [0.25, 0.3) is 0 Å². The van der Waals surface area contributed by atoms with Crippen molar-refractivity contribution in [3.63, 3.8) is 0 Å². The van der Waals surface area contributed by atoms with E-state index >= 15 is 0 Å². The minimum atomic E-state index is -1.02. The lowest BCUT2D eigenvalue weighted by atomic mass is 10.2. The monoisotopic (exact) mass is 218 g/mol. The quantitative estimate of drug-likeness (QED) is 0.744. The highest BCUT2D eigenvalue weighted by Gasteiger charge is 2.17. The van der Waals surface area contributed by atoms with Crippen LogP contribution in [0.2, 0.25) is 0 Å². The molecule has 2 aromatic rings. The van der Waals surface area contributed by atoms with Crippen molar-refractivity contribution in [2.45, 2.75) is 6.92 Å². The second-order valence-corrected chi connectivity index (χ2v) is 3.36. The fraction of sp³-hybridized carbons (Fsp3) is 0.100. The lowest BCUT2D eigenvalue weighted by Gasteiger charge is -2.00. The summed E-state index contributed by atoms with van der Waals surface area (Å²) in [5.74, 6) is 0.532. The number of para-hydroxylation sites is 1. The standard InChI is InChI=1S/C10H8NO3Si/c1-6-9(14-15)7-4-2-3-5-8(7)11(6)10(12)13/h2-5H,1H3,(H,12,13). The molecule has 0 bridgehead atoms. The number of benzene rings is 1. The molecule has 5 heteroatoms. The maximum atomic E-state index is 11.1. The van der Waals surface area contributed by atoms with Crippen LogP contribution in [0.25, 0.3) is 10.9 Å². The first-order valence-corrected chi connectivity index (χ1v) is 4.74. The van der Waals surface area contributed by atoms with Gasteiger partial charge in [-0.05, 0) is 19.1 Å². The first kappa shape index (κ1) is 9.79. The van der Waals surface area contributed by atoms with Crippen molar-refractivity contribution in [1.82, 2.24) is 4.57 Å². The lowest BCUT2D eigenvalue weighted by Crippen LogP contribution is -2.09. The van der Waals surface area contributed by atoms with E-state index in [4.69, 9.17) is 9.53 Å². The molecular formula is C10H8NO3Si. The molecule has 15 heavy (non-hydrogen) atoms. The Hall–Kier alpha value is -1.75. The molecule has 0 fully saturated rings. The van der Waals surface area contributed by atoms with Crippen LogP contribution in [0.15, 0.2) is 24.3 Å². The zero-order chi connectivity index (χ0) is 11.0. The summed E-state index contributed by atoms with van der Waals surface area (Å²) in [6.45, 7) is 1.70. The summed E-state index contributed by atoms with van der Waals surface area (Å²) >= 11 is 0. The number of rotatable bonds is 1. The van der Waals surface area contributed by atoms with Gasteiger partial charge in [0.15, 0.2) is 0 Å². The predicted octanol–water partition coefficient (Wildman–Crippen LogP) is 1.94. The first-order valence-electron chi connectivity index (χ1n) is 4.33. The Morgan fingerprint density at radius 1 is 1.47 bits per heavy atom. The van der Waals surface area contributed by atoms with Crippen LogP contribution in [0.4, 0.5) is 4.79 Å². The Bertz CT molecular complexity index is 533. The van der Waals surface area contributed by atoms with Crippen molar-refractivity contribution in [1.29, 1.82) is 0 Å². The van der Waals surface area contributed by atoms with Crippen LogP contribution < -0.4 is 4.43 Å². The van der Waals surface area contributed by atoms with E-state index in [2.05, 4.69) is 10.5 Å². The summed E-state index contributed by atoms with van der Waals surface area (Å²) in [7, 11) is 2.94. The third kappa shape index (κ3) is 1.32. The van der Waals surface area contributed by atoms with Crippen LogP contribution in [-0.2, 0) is 0 Å². The van der Waals surface area contributed by atoms with Crippen molar-refractivity contribution in [3.8, 4) is 5.75 Å². The smallest absolute Gasteiger partial charge is 0.416 e. The number of nitrogens with zero attached hydrogens (tertiary/aromatic N) is 1. The number of carbonyl (C=O) groups is 1. The maximum Gasteiger partial charge on any atom is 0.416 e. The van der Waals surface area contributed by atoms with Crippen LogP contribution in [0.3, 0.4) is 0 Å². The van der Waals surface area contributed by atoms with Crippen LogP contribution in [-0.4, -0.2) is 26.3 Å². The first-order chi connectivity index (χ1) is 7.16. The van der Waals surface area contributed by atoms with Crippen molar-refractivity contribution in [3.05, 3.63) is 30.0 Å². The number of hydrogen-bond donors (Lipinski definition) is 1. The van der Waals surface area contributed by atoms with Gasteiger partial charge in [0.1, 0.15) is 5.75 Å². The lowest BCUT2D eigenvalue weighted by molar-refractivity contribution is 0.197. The van der Waals surface area contributed by atoms with Crippen molar-refractivity contribution in [2.75, 3.05) is 0 Å². The fourth-order valence-corrected chi connectivity index (χ4v) is 1.97. The van der Waals surface area contributed by atoms with Crippen molar-refractivity contribution in [2.24, 2.45) is 0 Å². The Morgan fingerprint density at radius 2 is 2.13 bits per heavy atom. The molecular weight excluding hydrogens is 210 g/mol. The highest BCUT2D eigenvalue weighted by molar-refractivity contribution is 6.04. The van der Waals surface area contributed by atoms with Gasteiger partial charge in [-0.3, -0.25) is 0 Å². The average molecular weight is 218 g/mol. The van der Waals surface area contributed by atoms with Gasteiger partial charge in [0.2, 0.25) is 0 Å². The molecule has 3 radical (unpaired) electrons. The summed E-state index contributed by atoms with van der Waals surface area (Å²) < 4.78 is 6.21. The van der Waals surface area contributed by atoms with E-state index in [1.54, 1.807) is 19.1 Å². The summed E-state index contributed by atoms with van der Waals surface area (Å²) in [4.78, 5) is 11.1. The summed E-state index contributed by atoms with van der Waals surface area (Å²) in [6, 6.07) is 7.18. The van der Waals surface area contributed by atoms with E-state index in [0.29, 0.717) is 17.0 Å². The third-order valence-electron chi connectivity index (χ3n) is 2.35. The minimum Gasteiger partial charge on any atom is -0.539 e. The van der Waals surface area contributed by atoms with Crippen LogP contribution >= 0.6 is 0 Å². The van der Waals surface area contributed by atoms with Gasteiger partial charge in [-0.1, -0.05) is 12.1 Å². The highest BCUT2D eigenvalue weighted by Crippen LogP contribution is 2.31. The van der Waals surface area contributed by atoms with Gasteiger partial charge in [0, 0.05) is 5.39 Å². The van der Waals surface area contributed by atoms with E-state index in [-0.39, 0.29) is 0 Å². The summed E-state index contributed by atoms with van der Waals surface area (Å²) in [5, 5.41) is 9.83. The molecule has 0 spiro atoms. The molecule has 0 amide bonds. The molecule has 0 saturated carbocycles. The Morgan fingerprint density at radius 3 is 2.73 bits per heavy atom. The topological polar surface area (TPSA) is 51.5 Å². The van der Waals surface area contributed by atoms with Gasteiger partial charge in [0.05, 0.1) is 11.2 Å². The van der Waals surface area contributed by atoms with E-state index in [1.165, 1.54) is 4.57 Å². The van der Waals surface area contributed by atoms with Gasteiger partial charge >= 0.3 is 16.6 Å². The SMILES string of the molecule is Cc1c(O[Si])c2ccccc2n1C(=O)O. The molecule has 1 heterocycles. The summed E-state index contributed by atoms with van der Waals surface area (Å²) in [5.41, 5.74) is 1.18. The number of hydrogen-bond acceptors (Lipinski definition) is 2. The average Bonchev–Trinajstić information content (AvgIpc) is 2.49. The summed E-state index contributed by atoms with van der Waals surface area (Å²) in [6.07, 6.45) is -1.02. The van der Waals surface area contributed by atoms with Gasteiger partial charge < -0.3 is 9.53 Å². The molecule has 1 N–H and O–H groups in total. The zero-order valence-corrected chi connectivity index (χ0v) is 9.02. The highest BCUT2D eigenvalue weighted by atomic mass is 28.2. The molecule has 0 aliphatic carbocycles. The van der Waals surface area contributed by atoms with E-state index in [1.807, 2.05) is 12.1 Å². The van der Waals surface area contributed by atoms with Crippen LogP contribution in [0.1, 0.15) is 5.69 Å². The predicted molar refractivity (Wildman–Crippen MR) is 56.5 cm³/mol.